The third kappa shape index (κ3) is 9.03. The van der Waals surface area contributed by atoms with Crippen LogP contribution in [0.3, 0.4) is 0 Å². The zero-order valence-corrected chi connectivity index (χ0v) is 26.9. The molecule has 47 heavy (non-hydrogen) atoms. The Morgan fingerprint density at radius 3 is 2.53 bits per heavy atom. The number of fused-ring (bicyclic) bond motifs is 1. The SMILES string of the molecule is COCCCN1C(=O)CCc2ccc(COC3CN(C(=O)O)CCC3c3ccc(OCCCCOc4ccccc4C#N)cc3)cc21. The fourth-order valence-electron chi connectivity index (χ4n) is 6.20. The number of carboxylic acid groups (broad SMARTS) is 1. The van der Waals surface area contributed by atoms with Crippen molar-refractivity contribution in [3.63, 3.8) is 0 Å². The smallest absolute Gasteiger partial charge is 0.407 e. The number of piperidine rings is 1. The van der Waals surface area contributed by atoms with Gasteiger partial charge in [-0.3, -0.25) is 4.79 Å². The molecule has 0 spiro atoms. The molecule has 1 fully saturated rings. The highest BCUT2D eigenvalue weighted by atomic mass is 16.5. The number of likely N-dealkylation sites (tertiary alicyclic amines) is 1. The van der Waals surface area contributed by atoms with Crippen LogP contribution in [0.15, 0.2) is 66.7 Å². The van der Waals surface area contributed by atoms with E-state index in [-0.39, 0.29) is 24.5 Å². The van der Waals surface area contributed by atoms with E-state index in [2.05, 4.69) is 12.1 Å². The van der Waals surface area contributed by atoms with Gasteiger partial charge in [0, 0.05) is 44.8 Å². The second-order valence-corrected chi connectivity index (χ2v) is 11.9. The van der Waals surface area contributed by atoms with Crippen LogP contribution in [0.5, 0.6) is 11.5 Å². The number of anilines is 1. The molecule has 2 amide bonds. The molecule has 0 aromatic heterocycles. The number of methoxy groups -OCH3 is 1. The van der Waals surface area contributed by atoms with Crippen molar-refractivity contribution in [1.29, 1.82) is 5.26 Å². The Morgan fingerprint density at radius 2 is 1.77 bits per heavy atom. The first-order chi connectivity index (χ1) is 23.0. The number of benzene rings is 3. The van der Waals surface area contributed by atoms with Gasteiger partial charge >= 0.3 is 6.09 Å². The van der Waals surface area contributed by atoms with Gasteiger partial charge in [0.25, 0.3) is 0 Å². The Bertz CT molecular complexity index is 1540. The van der Waals surface area contributed by atoms with E-state index >= 15 is 0 Å². The van der Waals surface area contributed by atoms with Crippen LogP contribution in [0.2, 0.25) is 0 Å². The Labute approximate surface area is 276 Å². The van der Waals surface area contributed by atoms with Gasteiger partial charge in [-0.15, -0.1) is 0 Å². The molecule has 2 heterocycles. The summed E-state index contributed by atoms with van der Waals surface area (Å²) in [4.78, 5) is 27.9. The standard InChI is InChI=1S/C37H43N3O7/c1-44-20-6-18-40-33-23-27(9-10-29(33)13-16-36(40)41)26-47-35-25-39(37(42)43)19-17-32(35)28-11-14-31(15-12-28)45-21-4-5-22-46-34-8-3-2-7-30(34)24-38/h2-3,7-12,14-15,23,32,35H,4-6,13,16-22,25-26H2,1H3,(H,42,43). The van der Waals surface area contributed by atoms with E-state index in [1.54, 1.807) is 19.2 Å². The van der Waals surface area contributed by atoms with Crippen LogP contribution in [0.25, 0.3) is 0 Å². The van der Waals surface area contributed by atoms with Gasteiger partial charge in [-0.25, -0.2) is 4.79 Å². The zero-order valence-electron chi connectivity index (χ0n) is 26.9. The van der Waals surface area contributed by atoms with E-state index in [0.717, 1.165) is 53.8 Å². The van der Waals surface area contributed by atoms with E-state index in [1.807, 2.05) is 53.4 Å². The number of hydrogen-bond acceptors (Lipinski definition) is 7. The number of carbonyl (C=O) groups excluding carboxylic acids is 1. The van der Waals surface area contributed by atoms with Gasteiger partial charge < -0.3 is 33.9 Å². The van der Waals surface area contributed by atoms with Gasteiger partial charge in [0.1, 0.15) is 17.6 Å². The summed E-state index contributed by atoms with van der Waals surface area (Å²) >= 11 is 0. The normalized spacial score (nSPS) is 17.6. The highest BCUT2D eigenvalue weighted by Crippen LogP contribution is 2.34. The first-order valence-electron chi connectivity index (χ1n) is 16.3. The van der Waals surface area contributed by atoms with Crippen molar-refractivity contribution in [2.24, 2.45) is 0 Å². The molecular formula is C37H43N3O7. The minimum atomic E-state index is -0.945. The van der Waals surface area contributed by atoms with Crippen LogP contribution in [0.1, 0.15) is 60.3 Å². The number of rotatable bonds is 15. The van der Waals surface area contributed by atoms with E-state index in [9.17, 15) is 20.0 Å². The predicted octanol–water partition coefficient (Wildman–Crippen LogP) is 6.16. The minimum Gasteiger partial charge on any atom is -0.494 e. The summed E-state index contributed by atoms with van der Waals surface area (Å²) in [6.45, 7) is 3.29. The molecule has 2 aliphatic heterocycles. The molecule has 0 saturated carbocycles. The van der Waals surface area contributed by atoms with Crippen molar-refractivity contribution in [3.8, 4) is 17.6 Å². The first kappa shape index (κ1) is 33.8. The molecule has 2 aliphatic rings. The molecule has 3 aromatic rings. The monoisotopic (exact) mass is 641 g/mol. The lowest BCUT2D eigenvalue weighted by Crippen LogP contribution is -2.46. The number of ether oxygens (including phenoxy) is 4. The largest absolute Gasteiger partial charge is 0.494 e. The molecule has 0 bridgehead atoms. The van der Waals surface area contributed by atoms with Crippen molar-refractivity contribution in [2.75, 3.05) is 51.5 Å². The number of nitrogens with zero attached hydrogens (tertiary/aromatic N) is 3. The van der Waals surface area contributed by atoms with Crippen molar-refractivity contribution < 1.29 is 33.6 Å². The quantitative estimate of drug-likeness (QED) is 0.196. The highest BCUT2D eigenvalue weighted by Gasteiger charge is 2.33. The molecule has 10 nitrogen and oxygen atoms in total. The lowest BCUT2D eigenvalue weighted by atomic mass is 9.87. The molecule has 3 aromatic carbocycles. The molecule has 5 rings (SSSR count). The van der Waals surface area contributed by atoms with Crippen molar-refractivity contribution in [2.45, 2.75) is 57.2 Å². The molecular weight excluding hydrogens is 598 g/mol. The number of amides is 2. The molecule has 2 atom stereocenters. The second-order valence-electron chi connectivity index (χ2n) is 11.9. The zero-order chi connectivity index (χ0) is 33.0. The van der Waals surface area contributed by atoms with Gasteiger partial charge in [-0.1, -0.05) is 36.4 Å². The Hall–Kier alpha value is -4.59. The van der Waals surface area contributed by atoms with E-state index in [0.29, 0.717) is 63.7 Å². The number of unbranched alkanes of at least 4 members (excludes halogenated alkanes) is 1. The number of aryl methyl sites for hydroxylation is 1. The number of hydrogen-bond donors (Lipinski definition) is 1. The summed E-state index contributed by atoms with van der Waals surface area (Å²) in [5.41, 5.74) is 4.64. The van der Waals surface area contributed by atoms with E-state index < -0.39 is 6.09 Å². The summed E-state index contributed by atoms with van der Waals surface area (Å²) in [7, 11) is 1.66. The summed E-state index contributed by atoms with van der Waals surface area (Å²) in [6, 6.07) is 23.5. The molecule has 0 aliphatic carbocycles. The van der Waals surface area contributed by atoms with Crippen LogP contribution >= 0.6 is 0 Å². The summed E-state index contributed by atoms with van der Waals surface area (Å²) in [5.74, 6) is 1.51. The molecule has 0 radical (unpaired) electrons. The Balaban J connectivity index is 1.16. The molecule has 10 heteroatoms. The fraction of sp³-hybridized carbons (Fsp3) is 0.432. The number of carbonyl (C=O) groups is 2. The first-order valence-corrected chi connectivity index (χ1v) is 16.3. The third-order valence-corrected chi connectivity index (χ3v) is 8.75. The maximum absolute atomic E-state index is 12.7. The topological polar surface area (TPSA) is 122 Å². The van der Waals surface area contributed by atoms with E-state index in [4.69, 9.17) is 18.9 Å². The van der Waals surface area contributed by atoms with Crippen LogP contribution in [-0.4, -0.2) is 74.7 Å². The fourth-order valence-corrected chi connectivity index (χ4v) is 6.20. The summed E-state index contributed by atoms with van der Waals surface area (Å²) in [5, 5.41) is 18.9. The van der Waals surface area contributed by atoms with Crippen LogP contribution in [0, 0.1) is 11.3 Å². The molecule has 1 N–H and O–H groups in total. The summed E-state index contributed by atoms with van der Waals surface area (Å²) in [6.07, 6.45) is 2.97. The van der Waals surface area contributed by atoms with E-state index in [1.165, 1.54) is 4.90 Å². The van der Waals surface area contributed by atoms with Gasteiger partial charge in [0.15, 0.2) is 0 Å². The van der Waals surface area contributed by atoms with Gasteiger partial charge in [-0.2, -0.15) is 5.26 Å². The molecule has 248 valence electrons. The average molecular weight is 642 g/mol. The van der Waals surface area contributed by atoms with Crippen LogP contribution in [-0.2, 0) is 27.3 Å². The Morgan fingerprint density at radius 1 is 0.979 bits per heavy atom. The second kappa shape index (κ2) is 16.8. The van der Waals surface area contributed by atoms with Crippen LogP contribution in [0.4, 0.5) is 10.5 Å². The molecule has 2 unspecified atom stereocenters. The van der Waals surface area contributed by atoms with Gasteiger partial charge in [0.2, 0.25) is 5.91 Å². The van der Waals surface area contributed by atoms with Gasteiger partial charge in [0.05, 0.1) is 38.0 Å². The maximum Gasteiger partial charge on any atom is 0.407 e. The minimum absolute atomic E-state index is 0.0258. The van der Waals surface area contributed by atoms with Crippen molar-refractivity contribution in [3.05, 3.63) is 89.0 Å². The Kier molecular flexibility index (Phi) is 12.1. The molecule has 1 saturated heterocycles. The predicted molar refractivity (Wildman–Crippen MR) is 177 cm³/mol. The lowest BCUT2D eigenvalue weighted by Gasteiger charge is -2.37. The van der Waals surface area contributed by atoms with Crippen molar-refractivity contribution >= 4 is 17.7 Å². The average Bonchev–Trinajstić information content (AvgIpc) is 3.10. The van der Waals surface area contributed by atoms with Gasteiger partial charge in [-0.05, 0) is 79.1 Å². The highest BCUT2D eigenvalue weighted by molar-refractivity contribution is 5.96. The van der Waals surface area contributed by atoms with Crippen molar-refractivity contribution in [1.82, 2.24) is 4.90 Å². The summed E-state index contributed by atoms with van der Waals surface area (Å²) < 4.78 is 23.4. The number of para-hydroxylation sites is 1. The maximum atomic E-state index is 12.7. The van der Waals surface area contributed by atoms with Crippen LogP contribution < -0.4 is 14.4 Å². The lowest BCUT2D eigenvalue weighted by molar-refractivity contribution is -0.118. The third-order valence-electron chi connectivity index (χ3n) is 8.75. The number of nitriles is 1.